The molecule has 0 aromatic rings. The number of unbranched alkanes of at least 4 members (excludes halogenated alkanes) is 26. The smallest absolute Gasteiger partial charge is 0.280 e. The van der Waals surface area contributed by atoms with E-state index in [9.17, 15) is 20.4 Å². The van der Waals surface area contributed by atoms with Gasteiger partial charge in [-0.1, -0.05) is 188 Å². The van der Waals surface area contributed by atoms with Crippen LogP contribution in [0, 0.1) is 0 Å². The fraction of sp³-hybridized carbons (Fsp3) is 1.00. The van der Waals surface area contributed by atoms with Crippen LogP contribution < -0.4 is 0 Å². The normalized spacial score (nSPS) is 13.8. The van der Waals surface area contributed by atoms with Crippen molar-refractivity contribution in [3.8, 4) is 0 Å². The Morgan fingerprint density at radius 1 is 0.407 bits per heavy atom. The number of aliphatic hydroxyl groups is 4. The number of hydrogen-bond donors (Lipinski definition) is 4. The maximum absolute atomic E-state index is 10.2. The van der Waals surface area contributed by atoms with Crippen LogP contribution in [0.2, 0.25) is 0 Å². The van der Waals surface area contributed by atoms with E-state index in [1.54, 1.807) is 0 Å². The number of aliphatic hydroxyl groups excluding tert-OH is 2. The molecule has 326 valence electrons. The molecule has 0 aromatic heterocycles. The van der Waals surface area contributed by atoms with Crippen LogP contribution in [0.1, 0.15) is 213 Å². The van der Waals surface area contributed by atoms with Crippen molar-refractivity contribution in [3.63, 3.8) is 0 Å². The molecule has 0 amide bonds. The highest BCUT2D eigenvalue weighted by atomic mass is 16.8. The van der Waals surface area contributed by atoms with Gasteiger partial charge < -0.3 is 44.1 Å². The highest BCUT2D eigenvalue weighted by molar-refractivity contribution is 4.73. The summed E-state index contributed by atoms with van der Waals surface area (Å²) in [5.41, 5.74) is 0. The summed E-state index contributed by atoms with van der Waals surface area (Å²) in [6, 6.07) is 0. The molecule has 0 aliphatic rings. The van der Waals surface area contributed by atoms with E-state index in [1.807, 2.05) is 6.92 Å². The van der Waals surface area contributed by atoms with Crippen molar-refractivity contribution in [2.75, 3.05) is 52.9 Å². The lowest BCUT2D eigenvalue weighted by molar-refractivity contribution is -0.344. The Hall–Kier alpha value is -0.360. The molecule has 0 aromatic carbocycles. The molecule has 0 bridgehead atoms. The van der Waals surface area contributed by atoms with Crippen molar-refractivity contribution in [1.82, 2.24) is 0 Å². The van der Waals surface area contributed by atoms with Crippen LogP contribution in [-0.4, -0.2) is 97.6 Å². The fourth-order valence-corrected chi connectivity index (χ4v) is 6.69. The topological polar surface area (TPSA) is 127 Å². The Labute approximate surface area is 334 Å². The van der Waals surface area contributed by atoms with Crippen molar-refractivity contribution < 1.29 is 44.1 Å². The summed E-state index contributed by atoms with van der Waals surface area (Å²) in [5, 5.41) is 39.8. The van der Waals surface area contributed by atoms with Crippen molar-refractivity contribution in [3.05, 3.63) is 0 Å². The third-order valence-electron chi connectivity index (χ3n) is 10.3. The first-order chi connectivity index (χ1) is 26.4. The maximum Gasteiger partial charge on any atom is 0.280 e. The second-order valence-electron chi connectivity index (χ2n) is 15.8. The van der Waals surface area contributed by atoms with Gasteiger partial charge in [0.05, 0.1) is 46.1 Å². The van der Waals surface area contributed by atoms with Gasteiger partial charge in [0, 0.05) is 13.2 Å². The lowest BCUT2D eigenvalue weighted by atomic mass is 10.0. The predicted molar refractivity (Wildman–Crippen MR) is 223 cm³/mol. The second kappa shape index (κ2) is 42.3. The van der Waals surface area contributed by atoms with Gasteiger partial charge in [0.1, 0.15) is 18.3 Å². The molecule has 0 aliphatic carbocycles. The number of ether oxygens (including phenoxy) is 5. The first-order valence-corrected chi connectivity index (χ1v) is 23.2. The monoisotopic (exact) mass is 777 g/mol. The van der Waals surface area contributed by atoms with E-state index >= 15 is 0 Å². The van der Waals surface area contributed by atoms with Crippen LogP contribution in [0.25, 0.3) is 0 Å². The molecular weight excluding hydrogens is 684 g/mol. The molecule has 4 N–H and O–H groups in total. The fourth-order valence-electron chi connectivity index (χ4n) is 6.69. The molecule has 0 aliphatic heterocycles. The first-order valence-electron chi connectivity index (χ1n) is 23.2. The van der Waals surface area contributed by atoms with Crippen molar-refractivity contribution in [2.45, 2.75) is 238 Å². The van der Waals surface area contributed by atoms with Crippen LogP contribution in [0.4, 0.5) is 0 Å². The van der Waals surface area contributed by atoms with Gasteiger partial charge in [0.25, 0.3) is 5.97 Å². The minimum atomic E-state index is -2.27. The number of hydrogen-bond acceptors (Lipinski definition) is 9. The zero-order chi connectivity index (χ0) is 39.6. The molecule has 3 unspecified atom stereocenters. The van der Waals surface area contributed by atoms with E-state index in [4.69, 9.17) is 23.7 Å². The van der Waals surface area contributed by atoms with Crippen LogP contribution in [-0.2, 0) is 23.7 Å². The van der Waals surface area contributed by atoms with E-state index in [1.165, 1.54) is 154 Å². The first kappa shape index (κ1) is 53.6. The van der Waals surface area contributed by atoms with Crippen molar-refractivity contribution in [1.29, 1.82) is 0 Å². The molecule has 0 radical (unpaired) electrons. The molecule has 0 fully saturated rings. The molecule has 9 heteroatoms. The summed E-state index contributed by atoms with van der Waals surface area (Å²) in [5.74, 6) is -2.27. The predicted octanol–water partition coefficient (Wildman–Crippen LogP) is 10.6. The largest absolute Gasteiger partial charge is 0.394 e. The minimum absolute atomic E-state index is 0.0188. The SMILES string of the molecule is CCCCCCCCCCCCCCCCOCC(OCCC(O)(O)OCCC)C(COCCCCCCCCCCCCCCCC)OCC(O)CO. The van der Waals surface area contributed by atoms with Gasteiger partial charge in [-0.25, -0.2) is 0 Å². The molecule has 0 spiro atoms. The highest BCUT2D eigenvalue weighted by Crippen LogP contribution is 2.17. The molecular formula is C45H92O9. The van der Waals surface area contributed by atoms with E-state index in [-0.39, 0.29) is 39.5 Å². The van der Waals surface area contributed by atoms with Gasteiger partial charge in [0.15, 0.2) is 0 Å². The summed E-state index contributed by atoms with van der Waals surface area (Å²) in [6.45, 7) is 7.94. The van der Waals surface area contributed by atoms with Gasteiger partial charge in [0.2, 0.25) is 0 Å². The maximum atomic E-state index is 10.2. The average molecular weight is 777 g/mol. The van der Waals surface area contributed by atoms with Gasteiger partial charge in [-0.05, 0) is 19.3 Å². The Balaban J connectivity index is 4.56. The van der Waals surface area contributed by atoms with Crippen LogP contribution in [0.5, 0.6) is 0 Å². The molecule has 3 atom stereocenters. The van der Waals surface area contributed by atoms with Gasteiger partial charge in [-0.15, -0.1) is 0 Å². The Bertz CT molecular complexity index is 711. The van der Waals surface area contributed by atoms with Gasteiger partial charge >= 0.3 is 0 Å². The second-order valence-corrected chi connectivity index (χ2v) is 15.8. The Morgan fingerprint density at radius 3 is 1.11 bits per heavy atom. The minimum Gasteiger partial charge on any atom is -0.394 e. The van der Waals surface area contributed by atoms with Gasteiger partial charge in [-0.2, -0.15) is 0 Å². The summed E-state index contributed by atoms with van der Waals surface area (Å²) >= 11 is 0. The average Bonchev–Trinajstić information content (AvgIpc) is 3.17. The Kier molecular flexibility index (Phi) is 42.0. The lowest BCUT2D eigenvalue weighted by Gasteiger charge is -2.29. The standard InChI is InChI=1S/C45H92O9/c1-4-7-9-11-13-15-17-19-21-23-25-27-29-31-35-50-40-43(52-37-33-45(48,49)54-34-6-3)44(53-39-42(47)38-46)41-51-36-32-30-28-26-24-22-20-18-16-14-12-10-8-5-2/h42-44,46-49H,4-41H2,1-3H3. The molecule has 0 heterocycles. The Morgan fingerprint density at radius 2 is 0.759 bits per heavy atom. The third kappa shape index (κ3) is 38.5. The zero-order valence-electron chi connectivity index (χ0n) is 35.9. The van der Waals surface area contributed by atoms with Crippen LogP contribution in [0.3, 0.4) is 0 Å². The summed E-state index contributed by atoms with van der Waals surface area (Å²) in [7, 11) is 0. The van der Waals surface area contributed by atoms with E-state index in [0.29, 0.717) is 19.6 Å². The third-order valence-corrected chi connectivity index (χ3v) is 10.3. The molecule has 9 nitrogen and oxygen atoms in total. The zero-order valence-corrected chi connectivity index (χ0v) is 35.9. The summed E-state index contributed by atoms with van der Waals surface area (Å²) in [6.07, 6.45) is 34.9. The highest BCUT2D eigenvalue weighted by Gasteiger charge is 2.28. The van der Waals surface area contributed by atoms with Crippen molar-refractivity contribution in [2.24, 2.45) is 0 Å². The van der Waals surface area contributed by atoms with Gasteiger partial charge in [-0.3, -0.25) is 0 Å². The quantitative estimate of drug-likeness (QED) is 0.0353. The number of rotatable bonds is 46. The molecule has 0 saturated carbocycles. The van der Waals surface area contributed by atoms with E-state index in [0.717, 1.165) is 25.7 Å². The van der Waals surface area contributed by atoms with Crippen LogP contribution in [0.15, 0.2) is 0 Å². The molecule has 0 rings (SSSR count). The van der Waals surface area contributed by atoms with E-state index < -0.39 is 30.9 Å². The molecule has 0 saturated heterocycles. The summed E-state index contributed by atoms with van der Waals surface area (Å²) in [4.78, 5) is 0. The van der Waals surface area contributed by atoms with E-state index in [2.05, 4.69) is 13.8 Å². The van der Waals surface area contributed by atoms with Crippen molar-refractivity contribution >= 4 is 0 Å². The molecule has 54 heavy (non-hydrogen) atoms. The van der Waals surface area contributed by atoms with Crippen LogP contribution >= 0.6 is 0 Å². The summed E-state index contributed by atoms with van der Waals surface area (Å²) < 4.78 is 29.4. The lowest BCUT2D eigenvalue weighted by Crippen LogP contribution is -2.42.